The third-order valence-corrected chi connectivity index (χ3v) is 3.32. The fourth-order valence-corrected chi connectivity index (χ4v) is 2.34. The Hall–Kier alpha value is -2.08. The summed E-state index contributed by atoms with van der Waals surface area (Å²) in [5.74, 6) is -0.469. The highest BCUT2D eigenvalue weighted by molar-refractivity contribution is 5.99. The summed E-state index contributed by atoms with van der Waals surface area (Å²) in [4.78, 5) is 25.3. The summed E-state index contributed by atoms with van der Waals surface area (Å²) in [7, 11) is 0. The molecule has 1 aromatic carbocycles. The number of carbonyl (C=O) groups is 2. The van der Waals surface area contributed by atoms with Crippen LogP contribution >= 0.6 is 0 Å². The van der Waals surface area contributed by atoms with Crippen molar-refractivity contribution in [1.82, 2.24) is 4.90 Å². The Morgan fingerprint density at radius 3 is 2.41 bits per heavy atom. The van der Waals surface area contributed by atoms with Gasteiger partial charge in [-0.1, -0.05) is 12.1 Å². The molecule has 2 N–H and O–H groups in total. The molecule has 0 radical (unpaired) electrons. The first-order chi connectivity index (χ1) is 10.1. The van der Waals surface area contributed by atoms with Crippen molar-refractivity contribution in [2.75, 3.05) is 13.1 Å². The van der Waals surface area contributed by atoms with Crippen LogP contribution in [0, 0.1) is 0 Å². The molecule has 1 aliphatic heterocycles. The molecule has 0 atom stereocenters. The number of nitrogens with zero attached hydrogens (tertiary/aromatic N) is 1. The minimum atomic E-state index is -1.27. The molecule has 1 fully saturated rings. The third kappa shape index (κ3) is 3.76. The lowest BCUT2D eigenvalue weighted by atomic mass is 9.87. The van der Waals surface area contributed by atoms with Crippen molar-refractivity contribution in [3.63, 3.8) is 0 Å². The number of phenols is 1. The molecule has 1 saturated heterocycles. The van der Waals surface area contributed by atoms with Crippen molar-refractivity contribution < 1.29 is 24.5 Å². The lowest BCUT2D eigenvalue weighted by molar-refractivity contribution is -0.0966. The number of carbonyl (C=O) groups excluding carboxylic acids is 2. The summed E-state index contributed by atoms with van der Waals surface area (Å²) >= 11 is 0. The van der Waals surface area contributed by atoms with Gasteiger partial charge in [0.2, 0.25) is 0 Å². The van der Waals surface area contributed by atoms with Crippen LogP contribution in [0.15, 0.2) is 24.3 Å². The summed E-state index contributed by atoms with van der Waals surface area (Å²) in [5.41, 5.74) is -1.70. The zero-order valence-electron chi connectivity index (χ0n) is 13.0. The molecule has 0 bridgehead atoms. The number of aliphatic hydroxyl groups is 1. The smallest absolute Gasteiger partial charge is 0.410 e. The molecule has 0 saturated carbocycles. The number of rotatable bonds is 3. The highest BCUT2D eigenvalue weighted by atomic mass is 16.6. The molecule has 0 unspecified atom stereocenters. The lowest BCUT2D eigenvalue weighted by Crippen LogP contribution is -2.64. The molecule has 1 heterocycles. The first-order valence-electron chi connectivity index (χ1n) is 7.11. The van der Waals surface area contributed by atoms with Gasteiger partial charge in [0.1, 0.15) is 17.0 Å². The predicted molar refractivity (Wildman–Crippen MR) is 79.8 cm³/mol. The van der Waals surface area contributed by atoms with E-state index in [0.717, 1.165) is 0 Å². The third-order valence-electron chi connectivity index (χ3n) is 3.32. The number of para-hydroxylation sites is 1. The van der Waals surface area contributed by atoms with Gasteiger partial charge in [0.05, 0.1) is 18.7 Å². The number of benzene rings is 1. The molecule has 1 aromatic rings. The number of phenolic OH excluding ortho intramolecular Hbond substituents is 1. The molecule has 0 spiro atoms. The summed E-state index contributed by atoms with van der Waals surface area (Å²) in [6.07, 6.45) is -0.656. The van der Waals surface area contributed by atoms with Gasteiger partial charge >= 0.3 is 6.09 Å². The van der Waals surface area contributed by atoms with Gasteiger partial charge in [-0.2, -0.15) is 0 Å². The Morgan fingerprint density at radius 2 is 1.86 bits per heavy atom. The van der Waals surface area contributed by atoms with Crippen molar-refractivity contribution in [3.05, 3.63) is 29.8 Å². The van der Waals surface area contributed by atoms with E-state index < -0.39 is 17.3 Å². The van der Waals surface area contributed by atoms with Gasteiger partial charge in [0, 0.05) is 6.42 Å². The number of ketones is 1. The van der Waals surface area contributed by atoms with Gasteiger partial charge in [-0.15, -0.1) is 0 Å². The number of ether oxygens (including phenoxy) is 1. The van der Waals surface area contributed by atoms with Gasteiger partial charge in [-0.3, -0.25) is 4.79 Å². The van der Waals surface area contributed by atoms with Gasteiger partial charge < -0.3 is 19.8 Å². The minimum absolute atomic E-state index is 0.0429. The molecule has 1 aliphatic rings. The average molecular weight is 307 g/mol. The Morgan fingerprint density at radius 1 is 1.27 bits per heavy atom. The van der Waals surface area contributed by atoms with Crippen LogP contribution in [0.5, 0.6) is 5.75 Å². The zero-order valence-corrected chi connectivity index (χ0v) is 13.0. The molecule has 0 aromatic heterocycles. The van der Waals surface area contributed by atoms with E-state index in [0.29, 0.717) is 0 Å². The fourth-order valence-electron chi connectivity index (χ4n) is 2.34. The molecule has 22 heavy (non-hydrogen) atoms. The van der Waals surface area contributed by atoms with E-state index >= 15 is 0 Å². The van der Waals surface area contributed by atoms with Gasteiger partial charge in [0.15, 0.2) is 5.78 Å². The normalized spacial score (nSPS) is 16.8. The number of hydrogen-bond acceptors (Lipinski definition) is 5. The minimum Gasteiger partial charge on any atom is -0.507 e. The summed E-state index contributed by atoms with van der Waals surface area (Å²) in [6.45, 7) is 5.37. The molecule has 6 nitrogen and oxygen atoms in total. The lowest BCUT2D eigenvalue weighted by Gasteiger charge is -2.46. The van der Waals surface area contributed by atoms with E-state index in [2.05, 4.69) is 0 Å². The molecular formula is C16H21NO5. The SMILES string of the molecule is CC(C)(C)OC(=O)N1CC(O)(CC(=O)c2ccccc2O)C1. The van der Waals surface area contributed by atoms with Gasteiger partial charge in [-0.05, 0) is 32.9 Å². The van der Waals surface area contributed by atoms with Crippen molar-refractivity contribution in [3.8, 4) is 5.75 Å². The molecule has 6 heteroatoms. The molecular weight excluding hydrogens is 286 g/mol. The first kappa shape index (κ1) is 16.3. The second kappa shape index (κ2) is 5.61. The largest absolute Gasteiger partial charge is 0.507 e. The predicted octanol–water partition coefficient (Wildman–Crippen LogP) is 1.95. The summed E-state index contributed by atoms with van der Waals surface area (Å²) < 4.78 is 5.19. The molecule has 1 amide bonds. The quantitative estimate of drug-likeness (QED) is 0.833. The maximum atomic E-state index is 12.1. The van der Waals surface area contributed by atoms with Crippen LogP contribution in [-0.2, 0) is 4.74 Å². The average Bonchev–Trinajstić information content (AvgIpc) is 2.34. The summed E-state index contributed by atoms with van der Waals surface area (Å²) in [5, 5.41) is 19.9. The van der Waals surface area contributed by atoms with E-state index in [4.69, 9.17) is 4.74 Å². The second-order valence-corrected chi connectivity index (χ2v) is 6.68. The highest BCUT2D eigenvalue weighted by Gasteiger charge is 2.46. The van der Waals surface area contributed by atoms with E-state index in [9.17, 15) is 19.8 Å². The fraction of sp³-hybridized carbons (Fsp3) is 0.500. The van der Waals surface area contributed by atoms with Crippen molar-refractivity contribution in [1.29, 1.82) is 0 Å². The van der Waals surface area contributed by atoms with Crippen LogP contribution in [0.4, 0.5) is 4.79 Å². The zero-order chi connectivity index (χ0) is 16.5. The van der Waals surface area contributed by atoms with Crippen LogP contribution < -0.4 is 0 Å². The molecule has 0 aliphatic carbocycles. The highest BCUT2D eigenvalue weighted by Crippen LogP contribution is 2.29. The first-order valence-corrected chi connectivity index (χ1v) is 7.11. The summed E-state index contributed by atoms with van der Waals surface area (Å²) in [6, 6.07) is 6.19. The Bertz CT molecular complexity index is 584. The number of amides is 1. The van der Waals surface area contributed by atoms with E-state index in [1.807, 2.05) is 0 Å². The molecule has 2 rings (SSSR count). The topological polar surface area (TPSA) is 87.1 Å². The standard InChI is InChI=1S/C16H21NO5/c1-15(2,3)22-14(20)17-9-16(21,10-17)8-13(19)11-6-4-5-7-12(11)18/h4-7,18,21H,8-10H2,1-3H3. The van der Waals surface area contributed by atoms with E-state index in [1.54, 1.807) is 32.9 Å². The van der Waals surface area contributed by atoms with Crippen molar-refractivity contribution in [2.24, 2.45) is 0 Å². The van der Waals surface area contributed by atoms with Crippen LogP contribution in [0.25, 0.3) is 0 Å². The number of β-amino-alcohol motifs (C(OH)–C–C–N with tert-alkyl or cyclic N) is 1. The number of hydrogen-bond donors (Lipinski definition) is 2. The van der Waals surface area contributed by atoms with Crippen molar-refractivity contribution in [2.45, 2.75) is 38.4 Å². The number of Topliss-reactive ketones (excluding diaryl/α,β-unsaturated/α-hetero) is 1. The maximum Gasteiger partial charge on any atom is 0.410 e. The van der Waals surface area contributed by atoms with Crippen molar-refractivity contribution >= 4 is 11.9 Å². The Balaban J connectivity index is 1.92. The van der Waals surface area contributed by atoms with Crippen LogP contribution in [-0.4, -0.2) is 51.3 Å². The second-order valence-electron chi connectivity index (χ2n) is 6.68. The molecule has 120 valence electrons. The Labute approximate surface area is 129 Å². The monoisotopic (exact) mass is 307 g/mol. The van der Waals surface area contributed by atoms with Crippen LogP contribution in [0.1, 0.15) is 37.6 Å². The van der Waals surface area contributed by atoms with Gasteiger partial charge in [-0.25, -0.2) is 4.79 Å². The van der Waals surface area contributed by atoms with Crippen LogP contribution in [0.2, 0.25) is 0 Å². The maximum absolute atomic E-state index is 12.1. The number of aromatic hydroxyl groups is 1. The van der Waals surface area contributed by atoms with Gasteiger partial charge in [0.25, 0.3) is 0 Å². The number of likely N-dealkylation sites (tertiary alicyclic amines) is 1. The van der Waals surface area contributed by atoms with E-state index in [-0.39, 0.29) is 36.6 Å². The Kier molecular flexibility index (Phi) is 4.15. The van der Waals surface area contributed by atoms with E-state index in [1.165, 1.54) is 17.0 Å². The van der Waals surface area contributed by atoms with Crippen LogP contribution in [0.3, 0.4) is 0 Å².